The average molecular weight is 1080 g/mol. The molecule has 6 saturated heterocycles. The van der Waals surface area contributed by atoms with Crippen LogP contribution in [0.3, 0.4) is 0 Å². The highest BCUT2D eigenvalue weighted by molar-refractivity contribution is 5.92. The molecular formula is C57H75N9O12. The SMILES string of the molecule is COc1ccc(CC(=O)N2CCOC23CCN(C(=O)Nc2ccc(OC)cc2)CC3)cc1.COc1ccc(NC(=O)N2CCC(=O)CC2)cc1.COc1ccc(NC(=O)N2CCC3(CC2)NCCO3)cc1.O=C1CCNCC1. The van der Waals surface area contributed by atoms with Crippen molar-refractivity contribution >= 4 is 52.6 Å². The minimum atomic E-state index is -0.625. The van der Waals surface area contributed by atoms with Crippen molar-refractivity contribution in [2.75, 3.05) is 123 Å². The van der Waals surface area contributed by atoms with E-state index < -0.39 is 5.72 Å². The zero-order chi connectivity index (χ0) is 55.3. The highest BCUT2D eigenvalue weighted by Gasteiger charge is 2.47. The summed E-state index contributed by atoms with van der Waals surface area (Å²) in [7, 11) is 6.44. The van der Waals surface area contributed by atoms with Crippen LogP contribution in [-0.2, 0) is 30.3 Å². The zero-order valence-corrected chi connectivity index (χ0v) is 45.3. The van der Waals surface area contributed by atoms with Crippen molar-refractivity contribution in [1.82, 2.24) is 30.2 Å². The number of likely N-dealkylation sites (tertiary alicyclic amines) is 3. The number of ether oxygens (including phenoxy) is 6. The van der Waals surface area contributed by atoms with Crippen molar-refractivity contribution in [2.24, 2.45) is 0 Å². The Morgan fingerprint density at radius 2 is 0.885 bits per heavy atom. The Morgan fingerprint density at radius 1 is 0.487 bits per heavy atom. The van der Waals surface area contributed by atoms with E-state index in [1.807, 2.05) is 70.5 Å². The van der Waals surface area contributed by atoms with Crippen molar-refractivity contribution in [2.45, 2.75) is 69.2 Å². The van der Waals surface area contributed by atoms with E-state index in [0.717, 1.165) is 91.9 Å². The molecule has 0 unspecified atom stereocenters. The fourth-order valence-corrected chi connectivity index (χ4v) is 9.71. The Hall–Kier alpha value is -7.46. The molecule has 6 aliphatic rings. The summed E-state index contributed by atoms with van der Waals surface area (Å²) < 4.78 is 32.3. The second kappa shape index (κ2) is 28.8. The number of carbonyl (C=O) groups excluding carboxylic acids is 6. The van der Waals surface area contributed by atoms with Gasteiger partial charge in [-0.2, -0.15) is 0 Å². The van der Waals surface area contributed by atoms with Gasteiger partial charge in [0.15, 0.2) is 0 Å². The summed E-state index contributed by atoms with van der Waals surface area (Å²) in [6.07, 6.45) is 5.56. The van der Waals surface area contributed by atoms with Gasteiger partial charge in [-0.05, 0) is 90.5 Å². The minimum Gasteiger partial charge on any atom is -0.497 e. The average Bonchev–Trinajstić information content (AvgIpc) is 4.12. The topological polar surface area (TPSA) is 231 Å². The Balaban J connectivity index is 0.000000166. The van der Waals surface area contributed by atoms with Gasteiger partial charge in [-0.1, -0.05) is 12.1 Å². The van der Waals surface area contributed by atoms with Gasteiger partial charge < -0.3 is 69.3 Å². The van der Waals surface area contributed by atoms with Gasteiger partial charge in [0.2, 0.25) is 5.91 Å². The largest absolute Gasteiger partial charge is 0.497 e. The summed E-state index contributed by atoms with van der Waals surface area (Å²) in [5.74, 6) is 3.70. The predicted molar refractivity (Wildman–Crippen MR) is 294 cm³/mol. The third-order valence-corrected chi connectivity index (χ3v) is 14.4. The van der Waals surface area contributed by atoms with E-state index in [9.17, 15) is 28.8 Å². The fraction of sp³-hybridized carbons (Fsp3) is 0.474. The molecule has 21 heteroatoms. The van der Waals surface area contributed by atoms with Gasteiger partial charge in [0, 0.05) is 134 Å². The molecule has 21 nitrogen and oxygen atoms in total. The van der Waals surface area contributed by atoms with Crippen LogP contribution in [0.5, 0.6) is 23.0 Å². The van der Waals surface area contributed by atoms with Crippen LogP contribution in [0.25, 0.3) is 0 Å². The summed E-state index contributed by atoms with van der Waals surface area (Å²) in [5.41, 5.74) is 2.32. The third kappa shape index (κ3) is 16.8. The van der Waals surface area contributed by atoms with E-state index in [2.05, 4.69) is 26.6 Å². The molecule has 5 N–H and O–H groups in total. The molecule has 420 valence electrons. The van der Waals surface area contributed by atoms with Gasteiger partial charge in [-0.15, -0.1) is 0 Å². The lowest BCUT2D eigenvalue weighted by Crippen LogP contribution is -2.56. The number of hydrogen-bond donors (Lipinski definition) is 5. The number of amides is 7. The van der Waals surface area contributed by atoms with Crippen LogP contribution in [0.4, 0.5) is 31.4 Å². The number of urea groups is 3. The Kier molecular flexibility index (Phi) is 21.5. The number of piperidine rings is 4. The maximum Gasteiger partial charge on any atom is 0.321 e. The molecule has 0 saturated carbocycles. The molecule has 0 atom stereocenters. The number of carbonyl (C=O) groups is 6. The first-order valence-electron chi connectivity index (χ1n) is 26.6. The van der Waals surface area contributed by atoms with Crippen LogP contribution in [0.1, 0.15) is 56.9 Å². The first kappa shape index (κ1) is 58.2. The first-order chi connectivity index (χ1) is 37.8. The van der Waals surface area contributed by atoms with Crippen LogP contribution in [0.15, 0.2) is 97.1 Å². The smallest absolute Gasteiger partial charge is 0.321 e. The number of anilines is 3. The van der Waals surface area contributed by atoms with E-state index in [1.165, 1.54) is 0 Å². The zero-order valence-electron chi connectivity index (χ0n) is 45.3. The molecule has 6 fully saturated rings. The Morgan fingerprint density at radius 3 is 1.27 bits per heavy atom. The fourth-order valence-electron chi connectivity index (χ4n) is 9.71. The lowest BCUT2D eigenvalue weighted by molar-refractivity contribution is -0.156. The van der Waals surface area contributed by atoms with Crippen LogP contribution < -0.4 is 45.5 Å². The molecule has 78 heavy (non-hydrogen) atoms. The summed E-state index contributed by atoms with van der Waals surface area (Å²) in [6, 6.07) is 28.9. The summed E-state index contributed by atoms with van der Waals surface area (Å²) >= 11 is 0. The molecule has 10 rings (SSSR count). The van der Waals surface area contributed by atoms with E-state index in [0.29, 0.717) is 96.0 Å². The Bertz CT molecular complexity index is 2560. The number of hydrogen-bond acceptors (Lipinski definition) is 14. The van der Waals surface area contributed by atoms with Gasteiger partial charge >= 0.3 is 18.1 Å². The first-order valence-corrected chi connectivity index (χ1v) is 26.6. The predicted octanol–water partition coefficient (Wildman–Crippen LogP) is 6.60. The van der Waals surface area contributed by atoms with Crippen molar-refractivity contribution in [3.05, 3.63) is 103 Å². The number of methoxy groups -OCH3 is 4. The number of Topliss-reactive ketones (excluding diaryl/α,β-unsaturated/α-hetero) is 2. The van der Waals surface area contributed by atoms with Crippen LogP contribution in [0, 0.1) is 0 Å². The number of benzene rings is 4. The van der Waals surface area contributed by atoms with E-state index in [-0.39, 0.29) is 35.5 Å². The van der Waals surface area contributed by atoms with Crippen molar-refractivity contribution in [3.8, 4) is 23.0 Å². The molecular weight excluding hydrogens is 1000 g/mol. The van der Waals surface area contributed by atoms with Crippen molar-refractivity contribution < 1.29 is 57.2 Å². The van der Waals surface area contributed by atoms with Crippen LogP contribution in [-0.4, -0.2) is 174 Å². The van der Waals surface area contributed by atoms with E-state index in [4.69, 9.17) is 28.4 Å². The highest BCUT2D eigenvalue weighted by atomic mass is 16.5. The highest BCUT2D eigenvalue weighted by Crippen LogP contribution is 2.35. The number of nitrogens with zero attached hydrogens (tertiary/aromatic N) is 4. The van der Waals surface area contributed by atoms with Gasteiger partial charge in [-0.25, -0.2) is 14.4 Å². The van der Waals surface area contributed by atoms with Gasteiger partial charge in [0.05, 0.1) is 48.1 Å². The summed E-state index contributed by atoms with van der Waals surface area (Å²) in [4.78, 5) is 78.5. The Labute approximate surface area is 456 Å². The van der Waals surface area contributed by atoms with Crippen molar-refractivity contribution in [1.29, 1.82) is 0 Å². The number of nitrogens with one attached hydrogen (secondary N) is 5. The molecule has 4 aromatic rings. The summed E-state index contributed by atoms with van der Waals surface area (Å²) in [6.45, 7) is 7.99. The molecule has 0 radical (unpaired) electrons. The minimum absolute atomic E-state index is 0.0452. The molecule has 0 bridgehead atoms. The van der Waals surface area contributed by atoms with E-state index in [1.54, 1.807) is 74.6 Å². The quantitative estimate of drug-likeness (QED) is 0.119. The molecule has 0 aromatic heterocycles. The number of rotatable bonds is 9. The molecule has 2 spiro atoms. The lowest BCUT2D eigenvalue weighted by atomic mass is 9.98. The molecule has 6 heterocycles. The van der Waals surface area contributed by atoms with Crippen LogP contribution in [0.2, 0.25) is 0 Å². The second-order valence-corrected chi connectivity index (χ2v) is 19.4. The van der Waals surface area contributed by atoms with E-state index >= 15 is 0 Å². The van der Waals surface area contributed by atoms with Crippen molar-refractivity contribution in [3.63, 3.8) is 0 Å². The number of ketones is 2. The monoisotopic (exact) mass is 1080 g/mol. The van der Waals surface area contributed by atoms with Gasteiger partial charge in [-0.3, -0.25) is 19.7 Å². The molecule has 4 aromatic carbocycles. The molecule has 6 aliphatic heterocycles. The molecule has 7 amide bonds. The maximum absolute atomic E-state index is 13.1. The van der Waals surface area contributed by atoms with Gasteiger partial charge in [0.1, 0.15) is 46.0 Å². The molecule has 0 aliphatic carbocycles. The summed E-state index contributed by atoms with van der Waals surface area (Å²) in [5, 5.41) is 15.1. The van der Waals surface area contributed by atoms with Crippen LogP contribution >= 0.6 is 0 Å². The standard InChI is InChI=1S/C24H29N3O5.C15H21N3O3.C13H16N2O3.C5H9NO/c1-30-20-7-3-18(4-8-20)17-22(28)27-15-16-32-24(27)11-13-26(14-12-24)23(29)25-19-5-9-21(31-2)10-6-19;1-20-13-4-2-12(3-5-13)17-14(19)18-9-6-15(7-10-18)16-8-11-21-15;1-18-12-4-2-10(3-5-12)14-13(17)15-8-6-11(16)7-9-15;7-5-1-3-6-4-2-5/h3-10H,11-17H2,1-2H3,(H,25,29);2-5,16H,6-11H2,1H3,(H,17,19);2-5H,6-9H2,1H3,(H,14,17);6H,1-4H2. The maximum atomic E-state index is 13.1. The lowest BCUT2D eigenvalue weighted by Gasteiger charge is -2.43. The second-order valence-electron chi connectivity index (χ2n) is 19.4. The van der Waals surface area contributed by atoms with Gasteiger partial charge in [0.25, 0.3) is 0 Å². The normalized spacial score (nSPS) is 18.2. The third-order valence-electron chi connectivity index (χ3n) is 14.4.